The van der Waals surface area contributed by atoms with Gasteiger partial charge in [-0.15, -0.1) is 0 Å². The predicted molar refractivity (Wildman–Crippen MR) is 88.4 cm³/mol. The Morgan fingerprint density at radius 2 is 2.00 bits per heavy atom. The first-order valence-electron chi connectivity index (χ1n) is 6.56. The molecule has 0 saturated carbocycles. The molecule has 0 amide bonds. The second-order valence-electron chi connectivity index (χ2n) is 5.08. The first kappa shape index (κ1) is 16.5. The van der Waals surface area contributed by atoms with Gasteiger partial charge in [0.25, 0.3) is 0 Å². The summed E-state index contributed by atoms with van der Waals surface area (Å²) in [5.74, 6) is -1.30. The molecule has 0 radical (unpaired) electrons. The van der Waals surface area contributed by atoms with Gasteiger partial charge in [-0.3, -0.25) is 9.52 Å². The van der Waals surface area contributed by atoms with Crippen molar-refractivity contribution in [2.24, 2.45) is 5.92 Å². The standard InChI is InChI=1S/C13H17IN2O4S/c1-9-8-11(14)2-3-12(9)15-21(19,20)16-6-4-10(5-7-16)13(17)18/h2-3,8,10,15H,4-7H2,1H3,(H,17,18). The monoisotopic (exact) mass is 424 g/mol. The van der Waals surface area contributed by atoms with E-state index in [4.69, 9.17) is 5.11 Å². The molecule has 8 heteroatoms. The highest BCUT2D eigenvalue weighted by Crippen LogP contribution is 2.23. The summed E-state index contributed by atoms with van der Waals surface area (Å²) in [6.45, 7) is 2.31. The van der Waals surface area contributed by atoms with E-state index in [0.29, 0.717) is 18.5 Å². The van der Waals surface area contributed by atoms with Gasteiger partial charge in [0.05, 0.1) is 11.6 Å². The summed E-state index contributed by atoms with van der Waals surface area (Å²) in [7, 11) is -3.63. The van der Waals surface area contributed by atoms with Gasteiger partial charge < -0.3 is 5.11 Å². The first-order chi connectivity index (χ1) is 9.79. The molecule has 1 heterocycles. The number of hydrogen-bond donors (Lipinski definition) is 2. The van der Waals surface area contributed by atoms with E-state index in [1.807, 2.05) is 19.1 Å². The van der Waals surface area contributed by atoms with Gasteiger partial charge in [-0.1, -0.05) is 0 Å². The largest absolute Gasteiger partial charge is 0.481 e. The molecule has 6 nitrogen and oxygen atoms in total. The van der Waals surface area contributed by atoms with Gasteiger partial charge >= 0.3 is 16.2 Å². The van der Waals surface area contributed by atoms with Crippen molar-refractivity contribution in [1.82, 2.24) is 4.31 Å². The number of aliphatic carboxylic acids is 1. The maximum absolute atomic E-state index is 12.3. The van der Waals surface area contributed by atoms with E-state index in [1.54, 1.807) is 6.07 Å². The van der Waals surface area contributed by atoms with Crippen molar-refractivity contribution in [3.05, 3.63) is 27.3 Å². The number of aryl methyl sites for hydroxylation is 1. The maximum Gasteiger partial charge on any atom is 0.306 e. The number of anilines is 1. The summed E-state index contributed by atoms with van der Waals surface area (Å²) in [6.07, 6.45) is 0.698. The number of piperidine rings is 1. The molecule has 0 aliphatic carbocycles. The molecular formula is C13H17IN2O4S. The fourth-order valence-electron chi connectivity index (χ4n) is 2.29. The summed E-state index contributed by atoms with van der Waals surface area (Å²) in [4.78, 5) is 10.9. The van der Waals surface area contributed by atoms with Gasteiger partial charge in [0.2, 0.25) is 0 Å². The van der Waals surface area contributed by atoms with E-state index in [-0.39, 0.29) is 13.1 Å². The number of halogens is 1. The third-order valence-electron chi connectivity index (χ3n) is 3.57. The lowest BCUT2D eigenvalue weighted by molar-refractivity contribution is -0.142. The molecule has 1 saturated heterocycles. The minimum Gasteiger partial charge on any atom is -0.481 e. The van der Waals surface area contributed by atoms with Crippen molar-refractivity contribution in [3.8, 4) is 0 Å². The molecule has 0 atom stereocenters. The summed E-state index contributed by atoms with van der Waals surface area (Å²) in [5, 5.41) is 8.94. The van der Waals surface area contributed by atoms with Crippen LogP contribution in [0.4, 0.5) is 5.69 Å². The Morgan fingerprint density at radius 3 is 2.52 bits per heavy atom. The number of carbonyl (C=O) groups is 1. The van der Waals surface area contributed by atoms with Crippen LogP contribution in [0, 0.1) is 16.4 Å². The van der Waals surface area contributed by atoms with Crippen LogP contribution in [0.15, 0.2) is 18.2 Å². The van der Waals surface area contributed by atoms with Crippen LogP contribution in [0.3, 0.4) is 0 Å². The van der Waals surface area contributed by atoms with Crippen LogP contribution >= 0.6 is 22.6 Å². The fourth-order valence-corrected chi connectivity index (χ4v) is 4.26. The van der Waals surface area contributed by atoms with Crippen molar-refractivity contribution >= 4 is 44.5 Å². The van der Waals surface area contributed by atoms with Gasteiger partial charge in [-0.25, -0.2) is 0 Å². The smallest absolute Gasteiger partial charge is 0.306 e. The number of benzene rings is 1. The van der Waals surface area contributed by atoms with Crippen LogP contribution in [0.1, 0.15) is 18.4 Å². The van der Waals surface area contributed by atoms with Crippen LogP contribution in [0.25, 0.3) is 0 Å². The molecule has 1 aromatic carbocycles. The summed E-state index contributed by atoms with van der Waals surface area (Å²) < 4.78 is 29.6. The number of carboxylic acid groups (broad SMARTS) is 1. The van der Waals surface area contributed by atoms with Gasteiger partial charge in [0.15, 0.2) is 0 Å². The molecule has 116 valence electrons. The van der Waals surface area contributed by atoms with E-state index >= 15 is 0 Å². The van der Waals surface area contributed by atoms with Gasteiger partial charge in [-0.2, -0.15) is 12.7 Å². The quantitative estimate of drug-likeness (QED) is 0.725. The maximum atomic E-state index is 12.3. The van der Waals surface area contributed by atoms with Crippen molar-refractivity contribution in [2.75, 3.05) is 17.8 Å². The minimum atomic E-state index is -3.63. The Balaban J connectivity index is 2.07. The zero-order chi connectivity index (χ0) is 15.6. The lowest BCUT2D eigenvalue weighted by atomic mass is 9.99. The predicted octanol–water partition coefficient (Wildman–Crippen LogP) is 2.05. The number of nitrogens with one attached hydrogen (secondary N) is 1. The van der Waals surface area contributed by atoms with Crippen LogP contribution < -0.4 is 4.72 Å². The average molecular weight is 424 g/mol. The molecule has 2 rings (SSSR count). The van der Waals surface area contributed by atoms with Crippen LogP contribution in [-0.2, 0) is 15.0 Å². The summed E-state index contributed by atoms with van der Waals surface area (Å²) in [5.41, 5.74) is 1.40. The lowest BCUT2D eigenvalue weighted by Crippen LogP contribution is -2.43. The molecule has 0 bridgehead atoms. The Bertz CT molecular complexity index is 640. The Labute approximate surface area is 137 Å². The highest BCUT2D eigenvalue weighted by atomic mass is 127. The third kappa shape index (κ3) is 4.07. The highest BCUT2D eigenvalue weighted by Gasteiger charge is 2.31. The molecular weight excluding hydrogens is 407 g/mol. The van der Waals surface area contributed by atoms with Crippen LogP contribution in [0.2, 0.25) is 0 Å². The highest BCUT2D eigenvalue weighted by molar-refractivity contribution is 14.1. The number of hydrogen-bond acceptors (Lipinski definition) is 3. The Hall–Kier alpha value is -0.870. The Kier molecular flexibility index (Phi) is 5.10. The third-order valence-corrected chi connectivity index (χ3v) is 5.76. The molecule has 21 heavy (non-hydrogen) atoms. The van der Waals surface area contributed by atoms with Crippen molar-refractivity contribution in [1.29, 1.82) is 0 Å². The molecule has 1 aromatic rings. The van der Waals surface area contributed by atoms with Crippen LogP contribution in [-0.4, -0.2) is 36.9 Å². The van der Waals surface area contributed by atoms with Crippen molar-refractivity contribution in [3.63, 3.8) is 0 Å². The molecule has 0 unspecified atom stereocenters. The van der Waals surface area contributed by atoms with E-state index in [2.05, 4.69) is 27.3 Å². The second-order valence-corrected chi connectivity index (χ2v) is 7.99. The van der Waals surface area contributed by atoms with E-state index < -0.39 is 22.1 Å². The zero-order valence-corrected chi connectivity index (χ0v) is 14.5. The van der Waals surface area contributed by atoms with Crippen molar-refractivity contribution in [2.45, 2.75) is 19.8 Å². The Morgan fingerprint density at radius 1 is 1.38 bits per heavy atom. The van der Waals surface area contributed by atoms with Gasteiger partial charge in [0, 0.05) is 16.7 Å². The summed E-state index contributed by atoms with van der Waals surface area (Å²) in [6, 6.07) is 5.47. The lowest BCUT2D eigenvalue weighted by Gasteiger charge is -2.29. The summed E-state index contributed by atoms with van der Waals surface area (Å²) >= 11 is 2.17. The average Bonchev–Trinajstić information content (AvgIpc) is 2.42. The molecule has 0 spiro atoms. The van der Waals surface area contributed by atoms with Crippen molar-refractivity contribution < 1.29 is 18.3 Å². The van der Waals surface area contributed by atoms with E-state index in [0.717, 1.165) is 9.13 Å². The minimum absolute atomic E-state index is 0.232. The molecule has 2 N–H and O–H groups in total. The zero-order valence-electron chi connectivity index (χ0n) is 11.5. The fraction of sp³-hybridized carbons (Fsp3) is 0.462. The molecule has 1 aliphatic heterocycles. The topological polar surface area (TPSA) is 86.7 Å². The molecule has 1 fully saturated rings. The van der Waals surface area contributed by atoms with Crippen LogP contribution in [0.5, 0.6) is 0 Å². The SMILES string of the molecule is Cc1cc(I)ccc1NS(=O)(=O)N1CCC(C(=O)O)CC1. The molecule has 0 aromatic heterocycles. The number of rotatable bonds is 4. The molecule has 1 aliphatic rings. The van der Waals surface area contributed by atoms with Gasteiger partial charge in [-0.05, 0) is 66.1 Å². The van der Waals surface area contributed by atoms with E-state index in [9.17, 15) is 13.2 Å². The number of nitrogens with zero attached hydrogens (tertiary/aromatic N) is 1. The van der Waals surface area contributed by atoms with Gasteiger partial charge in [0.1, 0.15) is 0 Å². The normalized spacial score (nSPS) is 17.6. The second kappa shape index (κ2) is 6.49. The number of carboxylic acids is 1. The first-order valence-corrected chi connectivity index (χ1v) is 9.08. The van der Waals surface area contributed by atoms with E-state index in [1.165, 1.54) is 4.31 Å².